The van der Waals surface area contributed by atoms with Gasteiger partial charge >= 0.3 is 0 Å². The standard InChI is InChI=1S/C30H36N2O2/c1-33-29-18-15-24(23-30(29)34-2)19-21-31-20-9-3-4-10-22-32-27-13-7-5-11-25(27)16-17-26-12-6-8-14-28(26)32/h5-8,11-18,23,31H,3-4,9-10,19-22H2,1-2H3. The van der Waals surface area contributed by atoms with Gasteiger partial charge < -0.3 is 19.7 Å². The maximum atomic E-state index is 5.40. The number of ether oxygens (including phenoxy) is 2. The zero-order chi connectivity index (χ0) is 23.6. The van der Waals surface area contributed by atoms with Gasteiger partial charge in [0.15, 0.2) is 11.5 Å². The summed E-state index contributed by atoms with van der Waals surface area (Å²) in [5.41, 5.74) is 6.45. The molecule has 0 spiro atoms. The van der Waals surface area contributed by atoms with Crippen LogP contribution in [0.5, 0.6) is 11.5 Å². The molecule has 178 valence electrons. The largest absolute Gasteiger partial charge is 0.493 e. The van der Waals surface area contributed by atoms with Crippen LogP contribution in [0.2, 0.25) is 0 Å². The molecule has 4 nitrogen and oxygen atoms in total. The maximum absolute atomic E-state index is 5.40. The Morgan fingerprint density at radius 1 is 0.676 bits per heavy atom. The van der Waals surface area contributed by atoms with Crippen molar-refractivity contribution in [2.45, 2.75) is 32.1 Å². The first kappa shape index (κ1) is 23.9. The number of unbranched alkanes of at least 4 members (excludes halogenated alkanes) is 3. The van der Waals surface area contributed by atoms with E-state index in [2.05, 4.69) is 83.0 Å². The summed E-state index contributed by atoms with van der Waals surface area (Å²) in [7, 11) is 3.35. The van der Waals surface area contributed by atoms with Crippen molar-refractivity contribution in [3.05, 3.63) is 83.4 Å². The third kappa shape index (κ3) is 6.00. The van der Waals surface area contributed by atoms with Crippen LogP contribution in [-0.4, -0.2) is 33.9 Å². The van der Waals surface area contributed by atoms with Crippen LogP contribution in [0.4, 0.5) is 11.4 Å². The average molecular weight is 457 g/mol. The van der Waals surface area contributed by atoms with E-state index in [1.54, 1.807) is 14.2 Å². The third-order valence-electron chi connectivity index (χ3n) is 6.42. The monoisotopic (exact) mass is 456 g/mol. The molecule has 0 saturated heterocycles. The number of hydrogen-bond acceptors (Lipinski definition) is 4. The Bertz CT molecular complexity index is 1040. The Morgan fingerprint density at radius 3 is 2.00 bits per heavy atom. The lowest BCUT2D eigenvalue weighted by molar-refractivity contribution is 0.354. The highest BCUT2D eigenvalue weighted by atomic mass is 16.5. The van der Waals surface area contributed by atoms with Gasteiger partial charge in [-0.2, -0.15) is 0 Å². The second kappa shape index (κ2) is 12.3. The fourth-order valence-electron chi connectivity index (χ4n) is 4.57. The molecule has 0 aromatic heterocycles. The fourth-order valence-corrected chi connectivity index (χ4v) is 4.57. The van der Waals surface area contributed by atoms with Gasteiger partial charge in [-0.05, 0) is 73.3 Å². The van der Waals surface area contributed by atoms with Crippen molar-refractivity contribution in [2.24, 2.45) is 0 Å². The molecule has 34 heavy (non-hydrogen) atoms. The molecular formula is C30H36N2O2. The van der Waals surface area contributed by atoms with Gasteiger partial charge in [0.05, 0.1) is 14.2 Å². The van der Waals surface area contributed by atoms with Crippen LogP contribution in [0.3, 0.4) is 0 Å². The highest BCUT2D eigenvalue weighted by Gasteiger charge is 2.16. The van der Waals surface area contributed by atoms with Crippen molar-refractivity contribution in [1.29, 1.82) is 0 Å². The first-order valence-electron chi connectivity index (χ1n) is 12.4. The summed E-state index contributed by atoms with van der Waals surface area (Å²) < 4.78 is 10.7. The SMILES string of the molecule is COc1ccc(CCNCCCCCCN2c3ccccc3C=Cc3ccccc32)cc1OC. The van der Waals surface area contributed by atoms with Gasteiger partial charge in [0.2, 0.25) is 0 Å². The number of benzene rings is 3. The van der Waals surface area contributed by atoms with E-state index in [1.807, 2.05) is 6.07 Å². The molecule has 3 aromatic rings. The van der Waals surface area contributed by atoms with Crippen molar-refractivity contribution < 1.29 is 9.47 Å². The lowest BCUT2D eigenvalue weighted by Crippen LogP contribution is -2.20. The maximum Gasteiger partial charge on any atom is 0.160 e. The van der Waals surface area contributed by atoms with Crippen LogP contribution in [-0.2, 0) is 6.42 Å². The molecule has 0 unspecified atom stereocenters. The summed E-state index contributed by atoms with van der Waals surface area (Å²) in [6.07, 6.45) is 10.4. The summed E-state index contributed by atoms with van der Waals surface area (Å²) in [4.78, 5) is 2.49. The minimum Gasteiger partial charge on any atom is -0.493 e. The highest BCUT2D eigenvalue weighted by Crippen LogP contribution is 2.36. The molecule has 4 rings (SSSR count). The molecule has 1 heterocycles. The third-order valence-corrected chi connectivity index (χ3v) is 6.42. The predicted molar refractivity (Wildman–Crippen MR) is 143 cm³/mol. The lowest BCUT2D eigenvalue weighted by Gasteiger charge is -2.27. The summed E-state index contributed by atoms with van der Waals surface area (Å²) in [6, 6.07) is 23.6. The molecule has 0 radical (unpaired) electrons. The summed E-state index contributed by atoms with van der Waals surface area (Å²) in [6.45, 7) is 3.08. The van der Waals surface area contributed by atoms with E-state index < -0.39 is 0 Å². The number of nitrogens with zero attached hydrogens (tertiary/aromatic N) is 1. The van der Waals surface area contributed by atoms with Crippen LogP contribution in [0, 0.1) is 0 Å². The van der Waals surface area contributed by atoms with Crippen molar-refractivity contribution in [1.82, 2.24) is 5.32 Å². The van der Waals surface area contributed by atoms with Crippen LogP contribution in [0.15, 0.2) is 66.7 Å². The van der Waals surface area contributed by atoms with Crippen molar-refractivity contribution in [3.63, 3.8) is 0 Å². The zero-order valence-corrected chi connectivity index (χ0v) is 20.4. The van der Waals surface area contributed by atoms with E-state index in [0.717, 1.165) is 37.6 Å². The first-order chi connectivity index (χ1) is 16.8. The minimum absolute atomic E-state index is 0.780. The van der Waals surface area contributed by atoms with Crippen LogP contribution >= 0.6 is 0 Å². The number of nitrogens with one attached hydrogen (secondary N) is 1. The van der Waals surface area contributed by atoms with Crippen LogP contribution < -0.4 is 19.7 Å². The van der Waals surface area contributed by atoms with E-state index in [-0.39, 0.29) is 0 Å². The number of hydrogen-bond donors (Lipinski definition) is 1. The number of anilines is 2. The number of rotatable bonds is 12. The van der Waals surface area contributed by atoms with Gasteiger partial charge in [0.1, 0.15) is 0 Å². The quantitative estimate of drug-likeness (QED) is 0.307. The molecule has 0 aliphatic carbocycles. The molecule has 3 aromatic carbocycles. The second-order valence-corrected chi connectivity index (χ2v) is 8.71. The first-order valence-corrected chi connectivity index (χ1v) is 12.4. The molecule has 0 saturated carbocycles. The van der Waals surface area contributed by atoms with Crippen molar-refractivity contribution in [2.75, 3.05) is 38.8 Å². The highest BCUT2D eigenvalue weighted by molar-refractivity contribution is 5.88. The molecule has 0 amide bonds. The normalized spacial score (nSPS) is 12.1. The summed E-state index contributed by atoms with van der Waals surface area (Å²) >= 11 is 0. The fraction of sp³-hybridized carbons (Fsp3) is 0.333. The van der Waals surface area contributed by atoms with Gasteiger partial charge in [-0.15, -0.1) is 0 Å². The Kier molecular flexibility index (Phi) is 8.64. The number of para-hydroxylation sites is 2. The number of fused-ring (bicyclic) bond motifs is 2. The molecule has 0 fully saturated rings. The van der Waals surface area contributed by atoms with E-state index in [4.69, 9.17) is 9.47 Å². The van der Waals surface area contributed by atoms with E-state index >= 15 is 0 Å². The van der Waals surface area contributed by atoms with E-state index in [0.29, 0.717) is 0 Å². The number of methoxy groups -OCH3 is 2. The lowest BCUT2D eigenvalue weighted by atomic mass is 10.1. The van der Waals surface area contributed by atoms with Gasteiger partial charge in [-0.1, -0.05) is 67.5 Å². The van der Waals surface area contributed by atoms with Crippen molar-refractivity contribution >= 4 is 23.5 Å². The topological polar surface area (TPSA) is 33.7 Å². The zero-order valence-electron chi connectivity index (χ0n) is 20.4. The molecule has 0 bridgehead atoms. The Hall–Kier alpha value is -3.24. The van der Waals surface area contributed by atoms with Gasteiger partial charge in [0, 0.05) is 17.9 Å². The van der Waals surface area contributed by atoms with Gasteiger partial charge in [-0.3, -0.25) is 0 Å². The minimum atomic E-state index is 0.780. The van der Waals surface area contributed by atoms with E-state index in [1.165, 1.54) is 53.7 Å². The summed E-state index contributed by atoms with van der Waals surface area (Å²) in [5.74, 6) is 1.58. The molecular weight excluding hydrogens is 420 g/mol. The van der Waals surface area contributed by atoms with Crippen LogP contribution in [0.1, 0.15) is 42.4 Å². The second-order valence-electron chi connectivity index (χ2n) is 8.71. The van der Waals surface area contributed by atoms with Gasteiger partial charge in [-0.25, -0.2) is 0 Å². The average Bonchev–Trinajstić information content (AvgIpc) is 3.04. The predicted octanol–water partition coefficient (Wildman–Crippen LogP) is 6.72. The smallest absolute Gasteiger partial charge is 0.160 e. The summed E-state index contributed by atoms with van der Waals surface area (Å²) in [5, 5.41) is 3.58. The van der Waals surface area contributed by atoms with E-state index in [9.17, 15) is 0 Å². The molecule has 0 atom stereocenters. The molecule has 1 aliphatic heterocycles. The molecule has 1 N–H and O–H groups in total. The van der Waals surface area contributed by atoms with Crippen molar-refractivity contribution in [3.8, 4) is 11.5 Å². The Morgan fingerprint density at radius 2 is 1.32 bits per heavy atom. The molecule has 1 aliphatic rings. The molecule has 4 heteroatoms. The van der Waals surface area contributed by atoms with Gasteiger partial charge in [0.25, 0.3) is 0 Å². The van der Waals surface area contributed by atoms with Crippen LogP contribution in [0.25, 0.3) is 12.2 Å². The Labute approximate surface area is 204 Å². The Balaban J connectivity index is 1.18.